The molecule has 0 atom stereocenters. The highest BCUT2D eigenvalue weighted by molar-refractivity contribution is 7.89. The van der Waals surface area contributed by atoms with E-state index in [2.05, 4.69) is 0 Å². The second kappa shape index (κ2) is 7.77. The van der Waals surface area contributed by atoms with Crippen molar-refractivity contribution in [3.8, 4) is 0 Å². The Bertz CT molecular complexity index is 1360. The summed E-state index contributed by atoms with van der Waals surface area (Å²) >= 11 is 0. The Labute approximate surface area is 170 Å². The van der Waals surface area contributed by atoms with Gasteiger partial charge in [0, 0.05) is 0 Å². The first-order chi connectivity index (χ1) is 14.5. The number of rotatable bonds is 3. The molecule has 0 aliphatic carbocycles. The van der Waals surface area contributed by atoms with Crippen molar-refractivity contribution < 1.29 is 8.78 Å². The monoisotopic (exact) mass is 420 g/mol. The minimum atomic E-state index is -3.29. The molecule has 4 aromatic rings. The highest BCUT2D eigenvalue weighted by Crippen LogP contribution is 2.45. The van der Waals surface area contributed by atoms with E-state index >= 15 is 0 Å². The Morgan fingerprint density at radius 1 is 0.467 bits per heavy atom. The lowest BCUT2D eigenvalue weighted by molar-refractivity contribution is 0.493. The van der Waals surface area contributed by atoms with Crippen LogP contribution in [0.4, 0.5) is 8.78 Å². The van der Waals surface area contributed by atoms with E-state index in [1.807, 2.05) is 0 Å². The van der Waals surface area contributed by atoms with Crippen LogP contribution >= 0.6 is 6.89 Å². The molecule has 0 N–H and O–H groups in total. The molecule has 4 rings (SSSR count). The van der Waals surface area contributed by atoms with Gasteiger partial charge in [-0.25, -0.2) is 0 Å². The molecule has 3 nitrogen and oxygen atoms in total. The summed E-state index contributed by atoms with van der Waals surface area (Å²) in [5, 5.41) is 1.76. The molecule has 30 heavy (non-hydrogen) atoms. The molecule has 0 aromatic heterocycles. The summed E-state index contributed by atoms with van der Waals surface area (Å²) in [4.78, 5) is 37.8. The van der Waals surface area contributed by atoms with Crippen LogP contribution in [0.1, 0.15) is 0 Å². The van der Waals surface area contributed by atoms with Gasteiger partial charge in [0.05, 0.1) is 4.94 Å². The zero-order valence-corrected chi connectivity index (χ0v) is 16.5. The van der Waals surface area contributed by atoms with Crippen LogP contribution in [-0.4, -0.2) is 0 Å². The molecule has 0 unspecified atom stereocenters. The standard InChI is InChI=1S/C24H15F2O3P/c25-19-20(26)22(28)24(23(29)21(19)27)30(16-10-4-1-5-11-16,17-12-6-2-7-13-17)18-14-8-3-9-15-18/h1-15H. The van der Waals surface area contributed by atoms with Crippen LogP contribution in [0.3, 0.4) is 0 Å². The Hall–Kier alpha value is -3.43. The van der Waals surface area contributed by atoms with Gasteiger partial charge in [-0.05, 0) is 22.8 Å². The summed E-state index contributed by atoms with van der Waals surface area (Å²) in [6, 6.07) is 26.2. The highest BCUT2D eigenvalue weighted by atomic mass is 31.2. The maximum absolute atomic E-state index is 14.5. The predicted octanol–water partition coefficient (Wildman–Crippen LogP) is 2.45. The van der Waals surface area contributed by atoms with Gasteiger partial charge < -0.3 is 0 Å². The SMILES string of the molecule is O=c1c(F)c(F)c(=O)c(=P(c2ccccc2)(c2ccccc2)c2ccccc2)c1=O. The molecule has 0 fully saturated rings. The smallest absolute Gasteiger partial charge is 0.265 e. The van der Waals surface area contributed by atoms with Crippen LogP contribution in [0.25, 0.3) is 0 Å². The van der Waals surface area contributed by atoms with E-state index in [4.69, 9.17) is 0 Å². The first-order valence-electron chi connectivity index (χ1n) is 9.12. The molecule has 148 valence electrons. The van der Waals surface area contributed by atoms with Crippen LogP contribution in [0.2, 0.25) is 0 Å². The third-order valence-electron chi connectivity index (χ3n) is 4.99. The molecule has 0 spiro atoms. The molecule has 0 aliphatic rings. The normalized spacial score (nSPS) is 11.4. The van der Waals surface area contributed by atoms with Crippen LogP contribution in [0.5, 0.6) is 0 Å². The van der Waals surface area contributed by atoms with Crippen molar-refractivity contribution in [2.45, 2.75) is 0 Å². The van der Waals surface area contributed by atoms with Crippen molar-refractivity contribution in [2.75, 3.05) is 0 Å². The summed E-state index contributed by atoms with van der Waals surface area (Å²) in [5.41, 5.74) is -4.31. The van der Waals surface area contributed by atoms with Gasteiger partial charge in [-0.15, -0.1) is 0 Å². The van der Waals surface area contributed by atoms with Crippen LogP contribution in [0, 0.1) is 16.6 Å². The van der Waals surface area contributed by atoms with Crippen molar-refractivity contribution >= 4 is 22.8 Å². The van der Waals surface area contributed by atoms with Gasteiger partial charge in [-0.3, -0.25) is 14.4 Å². The number of halogens is 2. The molecule has 0 radical (unpaired) electrons. The lowest BCUT2D eigenvalue weighted by atomic mass is 10.3. The minimum Gasteiger partial charge on any atom is -0.286 e. The summed E-state index contributed by atoms with van der Waals surface area (Å²) in [5.74, 6) is -3.75. The third kappa shape index (κ3) is 2.90. The van der Waals surface area contributed by atoms with Gasteiger partial charge in [0.25, 0.3) is 5.43 Å². The fraction of sp³-hybridized carbons (Fsp3) is 0. The van der Waals surface area contributed by atoms with Gasteiger partial charge >= 0.3 is 0 Å². The van der Waals surface area contributed by atoms with Crippen LogP contribution in [0.15, 0.2) is 105 Å². The Balaban J connectivity index is 2.52. The highest BCUT2D eigenvalue weighted by Gasteiger charge is 2.31. The topological polar surface area (TPSA) is 51.2 Å². The average Bonchev–Trinajstić information content (AvgIpc) is 2.81. The van der Waals surface area contributed by atoms with E-state index < -0.39 is 39.7 Å². The van der Waals surface area contributed by atoms with Gasteiger partial charge in [0.2, 0.25) is 22.5 Å². The Kier molecular flexibility index (Phi) is 5.15. The Morgan fingerprint density at radius 3 is 1.17 bits per heavy atom. The largest absolute Gasteiger partial charge is 0.286 e. The lowest BCUT2D eigenvalue weighted by Crippen LogP contribution is -2.40. The molecule has 0 amide bonds. The second-order valence-electron chi connectivity index (χ2n) is 6.64. The van der Waals surface area contributed by atoms with Gasteiger partial charge in [-0.1, -0.05) is 91.0 Å². The second-order valence-corrected chi connectivity index (χ2v) is 9.98. The molecular weight excluding hydrogens is 405 g/mol. The summed E-state index contributed by atoms with van der Waals surface area (Å²) in [7, 11) is 0. The number of hydrogen-bond acceptors (Lipinski definition) is 3. The van der Waals surface area contributed by atoms with Crippen molar-refractivity contribution in [1.29, 1.82) is 0 Å². The average molecular weight is 420 g/mol. The molecule has 0 bridgehead atoms. The molecular formula is C24H15F2O3P. The first-order valence-corrected chi connectivity index (χ1v) is 10.9. The van der Waals surface area contributed by atoms with E-state index in [1.165, 1.54) is 0 Å². The quantitative estimate of drug-likeness (QED) is 0.378. The van der Waals surface area contributed by atoms with Crippen LogP contribution in [-0.2, 0) is 0 Å². The van der Waals surface area contributed by atoms with E-state index in [9.17, 15) is 23.2 Å². The van der Waals surface area contributed by atoms with Gasteiger partial charge in [0.1, 0.15) is 0 Å². The first kappa shape index (κ1) is 19.9. The van der Waals surface area contributed by atoms with Gasteiger partial charge in [-0.2, -0.15) is 8.78 Å². The molecule has 4 aromatic carbocycles. The van der Waals surface area contributed by atoms with Gasteiger partial charge in [0.15, 0.2) is 0 Å². The van der Waals surface area contributed by atoms with Crippen molar-refractivity contribution in [1.82, 2.24) is 0 Å². The lowest BCUT2D eigenvalue weighted by Gasteiger charge is -2.28. The van der Waals surface area contributed by atoms with E-state index in [-0.39, 0.29) is 0 Å². The fourth-order valence-electron chi connectivity index (χ4n) is 3.71. The summed E-state index contributed by atoms with van der Waals surface area (Å²) in [6.45, 7) is -3.29. The minimum absolute atomic E-state index is 0.519. The molecule has 0 heterocycles. The van der Waals surface area contributed by atoms with Crippen LogP contribution < -0.4 is 32.2 Å². The van der Waals surface area contributed by atoms with E-state index in [0.717, 1.165) is 0 Å². The predicted molar refractivity (Wildman–Crippen MR) is 116 cm³/mol. The maximum Gasteiger partial charge on any atom is 0.265 e. The molecule has 6 heteroatoms. The fourth-order valence-corrected chi connectivity index (χ4v) is 8.04. The molecule has 0 aliphatic heterocycles. The number of benzene rings is 4. The van der Waals surface area contributed by atoms with Crippen molar-refractivity contribution in [2.24, 2.45) is 0 Å². The zero-order chi connectivity index (χ0) is 21.3. The number of hydrogen-bond donors (Lipinski definition) is 0. The summed E-state index contributed by atoms with van der Waals surface area (Å²) < 4.78 is 28.5. The zero-order valence-electron chi connectivity index (χ0n) is 15.6. The molecule has 0 saturated carbocycles. The van der Waals surface area contributed by atoms with E-state index in [1.54, 1.807) is 91.0 Å². The molecule has 0 saturated heterocycles. The van der Waals surface area contributed by atoms with Crippen molar-refractivity contribution in [3.05, 3.63) is 138 Å². The van der Waals surface area contributed by atoms with Crippen molar-refractivity contribution in [3.63, 3.8) is 0 Å². The third-order valence-corrected chi connectivity index (χ3v) is 9.29. The maximum atomic E-state index is 14.5. The van der Waals surface area contributed by atoms with E-state index in [0.29, 0.717) is 15.9 Å². The Morgan fingerprint density at radius 2 is 0.800 bits per heavy atom. The summed E-state index contributed by atoms with van der Waals surface area (Å²) in [6.07, 6.45) is 0.